The first-order valence-electron chi connectivity index (χ1n) is 15.1. The minimum absolute atomic E-state index is 0.0270. The highest BCUT2D eigenvalue weighted by atomic mass is 35.5. The Morgan fingerprint density at radius 2 is 1.56 bits per heavy atom. The van der Waals surface area contributed by atoms with Crippen LogP contribution in [0, 0.1) is 0 Å². The zero-order chi connectivity index (χ0) is 28.7. The number of likely N-dealkylation sites (tertiary alicyclic amines) is 1. The van der Waals surface area contributed by atoms with Gasteiger partial charge in [-0.05, 0) is 68.6 Å². The van der Waals surface area contributed by atoms with E-state index < -0.39 is 0 Å². The largest absolute Gasteiger partial charge is 0.508 e. The van der Waals surface area contributed by atoms with Crippen molar-refractivity contribution in [2.75, 3.05) is 31.5 Å². The van der Waals surface area contributed by atoms with Crippen molar-refractivity contribution < 1.29 is 14.6 Å². The number of phenolic OH excluding ortho intramolecular Hbond substituents is 1. The summed E-state index contributed by atoms with van der Waals surface area (Å²) in [7, 11) is 0. The second kappa shape index (κ2) is 17.0. The van der Waals surface area contributed by atoms with E-state index in [0.717, 1.165) is 67.8 Å². The van der Waals surface area contributed by atoms with Gasteiger partial charge in [0.25, 0.3) is 0 Å². The number of piperidine rings is 1. The van der Waals surface area contributed by atoms with Crippen LogP contribution in [0.15, 0.2) is 72.8 Å². The van der Waals surface area contributed by atoms with Crippen molar-refractivity contribution in [1.82, 2.24) is 10.2 Å². The highest BCUT2D eigenvalue weighted by Crippen LogP contribution is 2.28. The van der Waals surface area contributed by atoms with Gasteiger partial charge in [-0.3, -0.25) is 5.32 Å². The predicted molar refractivity (Wildman–Crippen MR) is 169 cm³/mol. The zero-order valence-electron chi connectivity index (χ0n) is 24.0. The van der Waals surface area contributed by atoms with Crippen molar-refractivity contribution >= 4 is 23.4 Å². The Kier molecular flexibility index (Phi) is 12.8. The lowest BCUT2D eigenvalue weighted by Gasteiger charge is -2.31. The number of rotatable bonds is 15. The Morgan fingerprint density at radius 3 is 2.34 bits per heavy atom. The molecule has 7 heteroatoms. The average Bonchev–Trinajstić information content (AvgIpc) is 2.99. The Balaban J connectivity index is 1.00. The van der Waals surface area contributed by atoms with Crippen LogP contribution in [0.5, 0.6) is 5.75 Å². The van der Waals surface area contributed by atoms with E-state index in [2.05, 4.69) is 15.5 Å². The average molecular weight is 578 g/mol. The number of carbonyl (C=O) groups excluding carboxylic acids is 1. The number of ether oxygens (including phenoxy) is 1. The number of benzene rings is 3. The van der Waals surface area contributed by atoms with Crippen molar-refractivity contribution in [2.24, 2.45) is 0 Å². The smallest absolute Gasteiger partial charge is 0.411 e. The molecule has 4 rings (SSSR count). The van der Waals surface area contributed by atoms with Crippen molar-refractivity contribution in [3.63, 3.8) is 0 Å². The van der Waals surface area contributed by atoms with Crippen LogP contribution in [-0.4, -0.2) is 48.4 Å². The second-order valence-electron chi connectivity index (χ2n) is 10.9. The number of hydrogen-bond acceptors (Lipinski definition) is 5. The number of aromatic hydroxyl groups is 1. The summed E-state index contributed by atoms with van der Waals surface area (Å²) in [5, 5.41) is 16.9. The van der Waals surface area contributed by atoms with Gasteiger partial charge in [0.2, 0.25) is 0 Å². The molecule has 0 aromatic heterocycles. The Bertz CT molecular complexity index is 1200. The van der Waals surface area contributed by atoms with Crippen LogP contribution in [0.3, 0.4) is 0 Å². The minimum atomic E-state index is -0.372. The van der Waals surface area contributed by atoms with Gasteiger partial charge < -0.3 is 20.1 Å². The number of phenols is 1. The topological polar surface area (TPSA) is 73.8 Å². The van der Waals surface area contributed by atoms with Gasteiger partial charge in [-0.15, -0.1) is 0 Å². The molecule has 3 aromatic rings. The minimum Gasteiger partial charge on any atom is -0.508 e. The molecule has 0 atom stereocenters. The van der Waals surface area contributed by atoms with E-state index in [0.29, 0.717) is 17.3 Å². The molecule has 1 fully saturated rings. The second-order valence-corrected chi connectivity index (χ2v) is 11.3. The molecule has 1 heterocycles. The van der Waals surface area contributed by atoms with E-state index in [1.165, 1.54) is 38.5 Å². The molecule has 1 saturated heterocycles. The number of nitrogens with zero attached hydrogens (tertiary/aromatic N) is 1. The number of unbranched alkanes of at least 4 members (excludes halogenated alkanes) is 6. The van der Waals surface area contributed by atoms with Crippen LogP contribution < -0.4 is 10.6 Å². The van der Waals surface area contributed by atoms with E-state index >= 15 is 0 Å². The summed E-state index contributed by atoms with van der Waals surface area (Å²) in [6, 6.07) is 23.1. The monoisotopic (exact) mass is 577 g/mol. The van der Waals surface area contributed by atoms with E-state index in [4.69, 9.17) is 16.3 Å². The maximum Gasteiger partial charge on any atom is 0.411 e. The quantitative estimate of drug-likeness (QED) is 0.159. The third-order valence-corrected chi connectivity index (χ3v) is 7.98. The van der Waals surface area contributed by atoms with E-state index in [1.54, 1.807) is 12.1 Å². The number of para-hydroxylation sites is 1. The number of hydrogen-bond donors (Lipinski definition) is 3. The summed E-state index contributed by atoms with van der Waals surface area (Å²) in [6.45, 7) is 4.70. The summed E-state index contributed by atoms with van der Waals surface area (Å²) in [6.07, 6.45) is 10.1. The van der Waals surface area contributed by atoms with Gasteiger partial charge in [-0.2, -0.15) is 0 Å². The molecule has 1 aliphatic rings. The van der Waals surface area contributed by atoms with Crippen LogP contribution in [0.2, 0.25) is 5.02 Å². The maximum absolute atomic E-state index is 12.6. The van der Waals surface area contributed by atoms with Crippen molar-refractivity contribution in [2.45, 2.75) is 70.4 Å². The number of amides is 1. The first-order chi connectivity index (χ1) is 20.1. The molecule has 220 valence electrons. The molecule has 0 unspecified atom stereocenters. The molecular weight excluding hydrogens is 534 g/mol. The molecule has 0 radical (unpaired) electrons. The fourth-order valence-corrected chi connectivity index (χ4v) is 5.59. The number of carbonyl (C=O) groups is 1. The van der Waals surface area contributed by atoms with Crippen LogP contribution in [-0.2, 0) is 11.3 Å². The van der Waals surface area contributed by atoms with Gasteiger partial charge >= 0.3 is 6.09 Å². The molecule has 0 aliphatic carbocycles. The van der Waals surface area contributed by atoms with Gasteiger partial charge in [-0.1, -0.05) is 92.2 Å². The van der Waals surface area contributed by atoms with Crippen molar-refractivity contribution in [3.8, 4) is 16.9 Å². The summed E-state index contributed by atoms with van der Waals surface area (Å²) >= 11 is 6.00. The third kappa shape index (κ3) is 10.7. The summed E-state index contributed by atoms with van der Waals surface area (Å²) in [5.41, 5.74) is 3.68. The molecule has 1 aliphatic heterocycles. The van der Waals surface area contributed by atoms with Crippen LogP contribution in [0.1, 0.15) is 63.4 Å². The maximum atomic E-state index is 12.6. The van der Waals surface area contributed by atoms with Crippen molar-refractivity contribution in [3.05, 3.63) is 83.4 Å². The number of anilines is 1. The molecular formula is C34H44ClN3O3. The molecule has 0 saturated carbocycles. The van der Waals surface area contributed by atoms with Crippen LogP contribution in [0.4, 0.5) is 10.5 Å². The molecule has 0 bridgehead atoms. The number of nitrogens with one attached hydrogen (secondary N) is 2. The first-order valence-corrected chi connectivity index (χ1v) is 15.5. The highest BCUT2D eigenvalue weighted by molar-refractivity contribution is 6.30. The summed E-state index contributed by atoms with van der Waals surface area (Å²) in [4.78, 5) is 15.1. The van der Waals surface area contributed by atoms with E-state index in [9.17, 15) is 9.90 Å². The molecule has 3 aromatic carbocycles. The fourth-order valence-electron chi connectivity index (χ4n) is 5.39. The molecule has 1 amide bonds. The van der Waals surface area contributed by atoms with Gasteiger partial charge in [0.1, 0.15) is 11.9 Å². The van der Waals surface area contributed by atoms with Gasteiger partial charge in [0.15, 0.2) is 0 Å². The molecule has 41 heavy (non-hydrogen) atoms. The van der Waals surface area contributed by atoms with Crippen molar-refractivity contribution in [1.29, 1.82) is 0 Å². The lowest BCUT2D eigenvalue weighted by atomic mass is 10.0. The third-order valence-electron chi connectivity index (χ3n) is 7.74. The Hall–Kier alpha value is -3.06. The lowest BCUT2D eigenvalue weighted by Crippen LogP contribution is -2.38. The molecule has 6 nitrogen and oxygen atoms in total. The Morgan fingerprint density at radius 1 is 0.878 bits per heavy atom. The normalized spacial score (nSPS) is 14.2. The van der Waals surface area contributed by atoms with Crippen LogP contribution in [0.25, 0.3) is 11.1 Å². The SMILES string of the molecule is O=C(Nc1ccccc1-c1ccccc1)OC1CCN(CCCCCCCCCNCc2cc(Cl)ccc2O)CC1. The predicted octanol–water partition coefficient (Wildman–Crippen LogP) is 8.25. The van der Waals surface area contributed by atoms with E-state index in [-0.39, 0.29) is 12.2 Å². The van der Waals surface area contributed by atoms with Gasteiger partial charge in [-0.25, -0.2) is 4.79 Å². The Labute approximate surface area is 250 Å². The highest BCUT2D eigenvalue weighted by Gasteiger charge is 2.22. The van der Waals surface area contributed by atoms with Crippen LogP contribution >= 0.6 is 11.6 Å². The van der Waals surface area contributed by atoms with Gasteiger partial charge in [0.05, 0.1) is 5.69 Å². The zero-order valence-corrected chi connectivity index (χ0v) is 24.7. The lowest BCUT2D eigenvalue weighted by molar-refractivity contribution is 0.0585. The van der Waals surface area contributed by atoms with Gasteiger partial charge in [0, 0.05) is 35.8 Å². The number of halogens is 1. The molecule has 0 spiro atoms. The standard InChI is InChI=1S/C34H44ClN3O3/c35-29-17-18-33(39)28(25-29)26-36-21-11-4-2-1-3-5-12-22-38-23-19-30(20-24-38)41-34(40)37-32-16-10-9-15-31(32)27-13-7-6-8-14-27/h6-10,13-18,25,30,36,39H,1-5,11-12,19-24,26H2,(H,37,40). The summed E-state index contributed by atoms with van der Waals surface area (Å²) in [5.74, 6) is 0.295. The first kappa shape index (κ1) is 30.9. The van der Waals surface area contributed by atoms with E-state index in [1.807, 2.05) is 60.7 Å². The molecule has 3 N–H and O–H groups in total. The fraction of sp³-hybridized carbons (Fsp3) is 0.441. The summed E-state index contributed by atoms with van der Waals surface area (Å²) < 4.78 is 5.77.